The lowest BCUT2D eigenvalue weighted by molar-refractivity contribution is 0.0927. The molecule has 0 aromatic heterocycles. The average Bonchev–Trinajstić information content (AvgIpc) is 2.88. The first-order valence-corrected chi connectivity index (χ1v) is 11.8. The molecular formula is C28H30N2O4. The lowest BCUT2D eigenvalue weighted by Crippen LogP contribution is -2.36. The molecular weight excluding hydrogens is 428 g/mol. The van der Waals surface area contributed by atoms with Crippen molar-refractivity contribution in [3.8, 4) is 11.5 Å². The van der Waals surface area contributed by atoms with Gasteiger partial charge in [0, 0.05) is 17.3 Å². The van der Waals surface area contributed by atoms with E-state index in [1.807, 2.05) is 36.4 Å². The number of hydrogen-bond donors (Lipinski definition) is 2. The van der Waals surface area contributed by atoms with Crippen LogP contribution in [0, 0.1) is 0 Å². The van der Waals surface area contributed by atoms with Crippen molar-refractivity contribution in [2.45, 2.75) is 38.1 Å². The molecule has 0 bridgehead atoms. The highest BCUT2D eigenvalue weighted by molar-refractivity contribution is 6.06. The summed E-state index contributed by atoms with van der Waals surface area (Å²) in [6.07, 6.45) is 5.66. The van der Waals surface area contributed by atoms with E-state index in [0.717, 1.165) is 18.6 Å². The number of amides is 2. The number of para-hydroxylation sites is 2. The predicted octanol–water partition coefficient (Wildman–Crippen LogP) is 5.46. The fraction of sp³-hybridized carbons (Fsp3) is 0.286. The van der Waals surface area contributed by atoms with Crippen LogP contribution in [0.1, 0.15) is 52.8 Å². The minimum absolute atomic E-state index is 0.0683. The largest absolute Gasteiger partial charge is 0.490 e. The molecule has 34 heavy (non-hydrogen) atoms. The Morgan fingerprint density at radius 2 is 1.41 bits per heavy atom. The van der Waals surface area contributed by atoms with Crippen LogP contribution in [0.5, 0.6) is 11.5 Å². The van der Waals surface area contributed by atoms with E-state index in [2.05, 4.69) is 10.6 Å². The number of anilines is 1. The second-order valence-corrected chi connectivity index (χ2v) is 8.35. The van der Waals surface area contributed by atoms with E-state index in [1.165, 1.54) is 19.3 Å². The summed E-state index contributed by atoms with van der Waals surface area (Å²) in [7, 11) is 0. The van der Waals surface area contributed by atoms with Gasteiger partial charge in [-0.15, -0.1) is 0 Å². The Morgan fingerprint density at radius 3 is 2.18 bits per heavy atom. The van der Waals surface area contributed by atoms with E-state index in [-0.39, 0.29) is 17.9 Å². The molecule has 6 nitrogen and oxygen atoms in total. The summed E-state index contributed by atoms with van der Waals surface area (Å²) in [6.45, 7) is 0.675. The molecule has 6 heteroatoms. The minimum atomic E-state index is -0.279. The van der Waals surface area contributed by atoms with Crippen LogP contribution < -0.4 is 20.1 Å². The third kappa shape index (κ3) is 6.61. The quantitative estimate of drug-likeness (QED) is 0.418. The summed E-state index contributed by atoms with van der Waals surface area (Å²) in [6, 6.07) is 23.8. The molecule has 2 amide bonds. The van der Waals surface area contributed by atoms with E-state index < -0.39 is 0 Å². The van der Waals surface area contributed by atoms with Gasteiger partial charge in [-0.3, -0.25) is 9.59 Å². The molecule has 176 valence electrons. The summed E-state index contributed by atoms with van der Waals surface area (Å²) in [5, 5.41) is 5.99. The molecule has 1 aliphatic carbocycles. The molecule has 0 heterocycles. The molecule has 1 fully saturated rings. The molecule has 0 unspecified atom stereocenters. The fourth-order valence-electron chi connectivity index (χ4n) is 4.03. The Bertz CT molecular complexity index is 1080. The number of benzene rings is 3. The lowest BCUT2D eigenvalue weighted by Gasteiger charge is -2.22. The van der Waals surface area contributed by atoms with Gasteiger partial charge in [-0.25, -0.2) is 0 Å². The van der Waals surface area contributed by atoms with Gasteiger partial charge in [-0.2, -0.15) is 0 Å². The van der Waals surface area contributed by atoms with Gasteiger partial charge < -0.3 is 20.1 Å². The van der Waals surface area contributed by atoms with Crippen LogP contribution in [-0.4, -0.2) is 31.1 Å². The third-order valence-corrected chi connectivity index (χ3v) is 5.83. The molecule has 4 rings (SSSR count). The molecule has 0 atom stereocenters. The summed E-state index contributed by atoms with van der Waals surface area (Å²) in [5.41, 5.74) is 1.63. The second-order valence-electron chi connectivity index (χ2n) is 8.35. The van der Waals surface area contributed by atoms with E-state index >= 15 is 0 Å². The normalized spacial score (nSPS) is 13.6. The molecule has 1 saturated carbocycles. The van der Waals surface area contributed by atoms with Crippen molar-refractivity contribution in [1.82, 2.24) is 5.32 Å². The van der Waals surface area contributed by atoms with Gasteiger partial charge in [-0.05, 0) is 61.4 Å². The molecule has 3 aromatic carbocycles. The van der Waals surface area contributed by atoms with Crippen LogP contribution in [0.25, 0.3) is 0 Å². The Morgan fingerprint density at radius 1 is 0.735 bits per heavy atom. The summed E-state index contributed by atoms with van der Waals surface area (Å²) < 4.78 is 11.4. The van der Waals surface area contributed by atoms with E-state index in [9.17, 15) is 9.59 Å². The van der Waals surface area contributed by atoms with E-state index in [4.69, 9.17) is 9.47 Å². The number of nitrogens with one attached hydrogen (secondary N) is 2. The van der Waals surface area contributed by atoms with Crippen molar-refractivity contribution >= 4 is 17.5 Å². The Balaban J connectivity index is 1.30. The van der Waals surface area contributed by atoms with Gasteiger partial charge in [0.15, 0.2) is 0 Å². The highest BCUT2D eigenvalue weighted by Gasteiger charge is 2.17. The van der Waals surface area contributed by atoms with Crippen LogP contribution in [0.3, 0.4) is 0 Å². The lowest BCUT2D eigenvalue weighted by atomic mass is 9.95. The van der Waals surface area contributed by atoms with Gasteiger partial charge in [-0.1, -0.05) is 49.6 Å². The molecule has 0 aliphatic heterocycles. The molecule has 0 spiro atoms. The van der Waals surface area contributed by atoms with Crippen molar-refractivity contribution in [3.63, 3.8) is 0 Å². The number of carbonyl (C=O) groups excluding carboxylic acids is 2. The van der Waals surface area contributed by atoms with Crippen molar-refractivity contribution in [2.75, 3.05) is 18.5 Å². The van der Waals surface area contributed by atoms with Crippen molar-refractivity contribution in [3.05, 3.63) is 90.0 Å². The van der Waals surface area contributed by atoms with Crippen LogP contribution in [0.2, 0.25) is 0 Å². The smallest absolute Gasteiger partial charge is 0.259 e. The standard InChI is InChI=1S/C28H30N2O4/c31-27(29-22-9-3-1-4-10-22)21-15-17-23(18-16-21)30-28(32)25-13-7-8-14-26(25)34-20-19-33-24-11-5-2-6-12-24/h2,5-8,11-18,22H,1,3-4,9-10,19-20H2,(H,29,31)(H,30,32). The zero-order chi connectivity index (χ0) is 23.6. The number of carbonyl (C=O) groups is 2. The van der Waals surface area contributed by atoms with E-state index in [0.29, 0.717) is 35.8 Å². The first-order chi connectivity index (χ1) is 16.7. The Hall–Kier alpha value is -3.80. The van der Waals surface area contributed by atoms with Gasteiger partial charge in [0.05, 0.1) is 5.56 Å². The molecule has 1 aliphatic rings. The predicted molar refractivity (Wildman–Crippen MR) is 133 cm³/mol. The van der Waals surface area contributed by atoms with Crippen LogP contribution in [0.4, 0.5) is 5.69 Å². The molecule has 0 radical (unpaired) electrons. The maximum absolute atomic E-state index is 12.9. The SMILES string of the molecule is O=C(NC1CCCCC1)c1ccc(NC(=O)c2ccccc2OCCOc2ccccc2)cc1. The maximum atomic E-state index is 12.9. The van der Waals surface area contributed by atoms with Gasteiger partial charge in [0.1, 0.15) is 24.7 Å². The zero-order valence-corrected chi connectivity index (χ0v) is 19.2. The first-order valence-electron chi connectivity index (χ1n) is 11.8. The molecule has 3 aromatic rings. The van der Waals surface area contributed by atoms with Crippen molar-refractivity contribution in [1.29, 1.82) is 0 Å². The maximum Gasteiger partial charge on any atom is 0.259 e. The van der Waals surface area contributed by atoms with E-state index in [1.54, 1.807) is 42.5 Å². The van der Waals surface area contributed by atoms with Crippen molar-refractivity contribution < 1.29 is 19.1 Å². The Kier molecular flexibility index (Phi) is 8.17. The van der Waals surface area contributed by atoms with Crippen molar-refractivity contribution in [2.24, 2.45) is 0 Å². The summed E-state index contributed by atoms with van der Waals surface area (Å²) in [5.74, 6) is 0.911. The van der Waals surface area contributed by atoms with Crippen LogP contribution >= 0.6 is 0 Å². The molecule has 0 saturated heterocycles. The highest BCUT2D eigenvalue weighted by Crippen LogP contribution is 2.21. The van der Waals surface area contributed by atoms with Gasteiger partial charge >= 0.3 is 0 Å². The number of hydrogen-bond acceptors (Lipinski definition) is 4. The summed E-state index contributed by atoms with van der Waals surface area (Å²) >= 11 is 0. The molecule has 2 N–H and O–H groups in total. The minimum Gasteiger partial charge on any atom is -0.490 e. The first kappa shape index (κ1) is 23.4. The monoisotopic (exact) mass is 458 g/mol. The topological polar surface area (TPSA) is 76.7 Å². The number of rotatable bonds is 9. The van der Waals surface area contributed by atoms with Gasteiger partial charge in [0.2, 0.25) is 0 Å². The number of ether oxygens (including phenoxy) is 2. The fourth-order valence-corrected chi connectivity index (χ4v) is 4.03. The highest BCUT2D eigenvalue weighted by atomic mass is 16.5. The average molecular weight is 459 g/mol. The summed E-state index contributed by atoms with van der Waals surface area (Å²) in [4.78, 5) is 25.4. The zero-order valence-electron chi connectivity index (χ0n) is 19.2. The second kappa shape index (κ2) is 11.9. The van der Waals surface area contributed by atoms with Crippen LogP contribution in [0.15, 0.2) is 78.9 Å². The Labute approximate surface area is 200 Å². The third-order valence-electron chi connectivity index (χ3n) is 5.83. The van der Waals surface area contributed by atoms with Gasteiger partial charge in [0.25, 0.3) is 11.8 Å². The van der Waals surface area contributed by atoms with Crippen LogP contribution in [-0.2, 0) is 0 Å².